The van der Waals surface area contributed by atoms with Crippen LogP contribution in [0.1, 0.15) is 18.4 Å². The largest absolute Gasteiger partial charge is 0.310 e. The van der Waals surface area contributed by atoms with E-state index in [1.807, 2.05) is 13.2 Å². The Balaban J connectivity index is 2.25. The van der Waals surface area contributed by atoms with E-state index in [1.165, 1.54) is 29.3 Å². The summed E-state index contributed by atoms with van der Waals surface area (Å²) in [7, 11) is 2.03. The smallest absolute Gasteiger partial charge is 0.0700 e. The lowest BCUT2D eigenvalue weighted by Crippen LogP contribution is -2.24. The average molecular weight is 187 g/mol. The van der Waals surface area contributed by atoms with E-state index in [-0.39, 0.29) is 5.54 Å². The number of hydrogen-bond donors (Lipinski definition) is 2. The van der Waals surface area contributed by atoms with Crippen LogP contribution in [0, 0.1) is 0 Å². The molecule has 1 aliphatic carbocycles. The third kappa shape index (κ3) is 0.930. The topological polar surface area (TPSA) is 40.7 Å². The summed E-state index contributed by atoms with van der Waals surface area (Å²) in [4.78, 5) is 0. The second kappa shape index (κ2) is 2.58. The van der Waals surface area contributed by atoms with Crippen LogP contribution in [-0.4, -0.2) is 17.2 Å². The maximum absolute atomic E-state index is 4.08. The van der Waals surface area contributed by atoms with Crippen LogP contribution in [0.25, 0.3) is 10.9 Å². The molecular weight excluding hydrogens is 174 g/mol. The lowest BCUT2D eigenvalue weighted by atomic mass is 10.0. The maximum Gasteiger partial charge on any atom is 0.0700 e. The molecule has 72 valence electrons. The Morgan fingerprint density at radius 2 is 2.29 bits per heavy atom. The fourth-order valence-corrected chi connectivity index (χ4v) is 2.15. The van der Waals surface area contributed by atoms with Crippen molar-refractivity contribution in [2.24, 2.45) is 0 Å². The third-order valence-electron chi connectivity index (χ3n) is 3.22. The van der Waals surface area contributed by atoms with Crippen LogP contribution in [-0.2, 0) is 5.54 Å². The third-order valence-corrected chi connectivity index (χ3v) is 3.22. The van der Waals surface area contributed by atoms with Crippen LogP contribution in [0.2, 0.25) is 0 Å². The van der Waals surface area contributed by atoms with E-state index in [9.17, 15) is 0 Å². The van der Waals surface area contributed by atoms with Gasteiger partial charge >= 0.3 is 0 Å². The van der Waals surface area contributed by atoms with Crippen molar-refractivity contribution >= 4 is 10.9 Å². The molecule has 14 heavy (non-hydrogen) atoms. The van der Waals surface area contributed by atoms with Gasteiger partial charge in [-0.1, -0.05) is 18.2 Å². The van der Waals surface area contributed by atoms with Crippen LogP contribution in [0.5, 0.6) is 0 Å². The Morgan fingerprint density at radius 3 is 3.00 bits per heavy atom. The summed E-state index contributed by atoms with van der Waals surface area (Å²) in [6.07, 6.45) is 4.33. The van der Waals surface area contributed by atoms with Gasteiger partial charge in [0.2, 0.25) is 0 Å². The first-order valence-corrected chi connectivity index (χ1v) is 4.97. The predicted molar refractivity (Wildman–Crippen MR) is 56.1 cm³/mol. The predicted octanol–water partition coefficient (Wildman–Crippen LogP) is 1.77. The van der Waals surface area contributed by atoms with E-state index >= 15 is 0 Å². The Bertz CT molecular complexity index is 468. The van der Waals surface area contributed by atoms with Gasteiger partial charge in [0.05, 0.1) is 11.7 Å². The molecule has 0 unspecified atom stereocenters. The zero-order chi connectivity index (χ0) is 9.60. The second-order valence-corrected chi connectivity index (χ2v) is 3.97. The number of aromatic nitrogens is 2. The normalized spacial score (nSPS) is 18.6. The van der Waals surface area contributed by atoms with Crippen LogP contribution in [0.15, 0.2) is 24.4 Å². The van der Waals surface area contributed by atoms with E-state index in [0.717, 1.165) is 0 Å². The number of fused-ring (bicyclic) bond motifs is 1. The molecule has 1 aliphatic rings. The second-order valence-electron chi connectivity index (χ2n) is 3.97. The summed E-state index contributed by atoms with van der Waals surface area (Å²) in [6.45, 7) is 0. The molecule has 0 spiro atoms. The number of hydrogen-bond acceptors (Lipinski definition) is 2. The molecule has 2 N–H and O–H groups in total. The highest BCUT2D eigenvalue weighted by Gasteiger charge is 2.43. The van der Waals surface area contributed by atoms with Crippen molar-refractivity contribution in [3.8, 4) is 0 Å². The molecule has 1 fully saturated rings. The van der Waals surface area contributed by atoms with Crippen LogP contribution in [0.3, 0.4) is 0 Å². The van der Waals surface area contributed by atoms with Crippen molar-refractivity contribution in [1.29, 1.82) is 0 Å². The first-order chi connectivity index (χ1) is 6.86. The van der Waals surface area contributed by atoms with Crippen LogP contribution < -0.4 is 5.32 Å². The molecule has 1 aromatic carbocycles. The van der Waals surface area contributed by atoms with Gasteiger partial charge in [0, 0.05) is 10.9 Å². The molecule has 0 saturated heterocycles. The van der Waals surface area contributed by atoms with Crippen molar-refractivity contribution < 1.29 is 0 Å². The average Bonchev–Trinajstić information content (AvgIpc) is 2.87. The minimum absolute atomic E-state index is 0.214. The van der Waals surface area contributed by atoms with Crippen molar-refractivity contribution in [1.82, 2.24) is 15.5 Å². The van der Waals surface area contributed by atoms with Gasteiger partial charge in [-0.3, -0.25) is 5.10 Å². The first-order valence-electron chi connectivity index (χ1n) is 4.97. The Hall–Kier alpha value is -1.35. The first kappa shape index (κ1) is 8.00. The van der Waals surface area contributed by atoms with Crippen LogP contribution >= 0.6 is 0 Å². The number of para-hydroxylation sites is 1. The Kier molecular flexibility index (Phi) is 1.47. The summed E-state index contributed by atoms with van der Waals surface area (Å²) < 4.78 is 0. The monoisotopic (exact) mass is 187 g/mol. The van der Waals surface area contributed by atoms with E-state index in [0.29, 0.717) is 0 Å². The molecular formula is C11H13N3. The van der Waals surface area contributed by atoms with E-state index in [4.69, 9.17) is 0 Å². The summed E-state index contributed by atoms with van der Waals surface area (Å²) in [5.41, 5.74) is 2.75. The molecule has 0 atom stereocenters. The highest BCUT2D eigenvalue weighted by molar-refractivity contribution is 5.82. The van der Waals surface area contributed by atoms with Crippen molar-refractivity contribution in [3.63, 3.8) is 0 Å². The number of benzene rings is 1. The summed E-state index contributed by atoms with van der Waals surface area (Å²) in [6, 6.07) is 6.38. The van der Waals surface area contributed by atoms with Crippen molar-refractivity contribution in [2.75, 3.05) is 7.05 Å². The number of nitrogens with one attached hydrogen (secondary N) is 2. The van der Waals surface area contributed by atoms with Gasteiger partial charge in [0.25, 0.3) is 0 Å². The molecule has 0 aliphatic heterocycles. The molecule has 0 amide bonds. The van der Waals surface area contributed by atoms with Gasteiger partial charge in [-0.25, -0.2) is 0 Å². The molecule has 3 rings (SSSR count). The zero-order valence-corrected chi connectivity index (χ0v) is 8.17. The molecule has 2 aromatic rings. The fourth-order valence-electron chi connectivity index (χ4n) is 2.15. The minimum Gasteiger partial charge on any atom is -0.310 e. The SMILES string of the molecule is CNC1(c2cccc3cn[nH]c23)CC1. The van der Waals surface area contributed by atoms with Crippen molar-refractivity contribution in [3.05, 3.63) is 30.0 Å². The highest BCUT2D eigenvalue weighted by atomic mass is 15.1. The van der Waals surface area contributed by atoms with E-state index in [1.54, 1.807) is 0 Å². The van der Waals surface area contributed by atoms with E-state index in [2.05, 4.69) is 33.7 Å². The quantitative estimate of drug-likeness (QED) is 0.752. The molecule has 1 heterocycles. The molecule has 1 saturated carbocycles. The Morgan fingerprint density at radius 1 is 1.43 bits per heavy atom. The fraction of sp³-hybridized carbons (Fsp3) is 0.364. The summed E-state index contributed by atoms with van der Waals surface area (Å²) in [5, 5.41) is 11.8. The number of aromatic amines is 1. The molecule has 0 bridgehead atoms. The number of H-pyrrole nitrogens is 1. The highest BCUT2D eigenvalue weighted by Crippen LogP contribution is 2.46. The Labute approximate surface area is 82.5 Å². The molecule has 3 nitrogen and oxygen atoms in total. The van der Waals surface area contributed by atoms with Gasteiger partial charge < -0.3 is 5.32 Å². The molecule has 1 aromatic heterocycles. The standard InChI is InChI=1S/C11H13N3/c1-12-11(5-6-11)9-4-2-3-8-7-13-14-10(8)9/h2-4,7,12H,5-6H2,1H3,(H,13,14). The van der Waals surface area contributed by atoms with Gasteiger partial charge in [0.15, 0.2) is 0 Å². The lowest BCUT2D eigenvalue weighted by molar-refractivity contribution is 0.589. The van der Waals surface area contributed by atoms with Gasteiger partial charge in [0.1, 0.15) is 0 Å². The van der Waals surface area contributed by atoms with E-state index < -0.39 is 0 Å². The summed E-state index contributed by atoms with van der Waals surface area (Å²) in [5.74, 6) is 0. The van der Waals surface area contributed by atoms with Gasteiger partial charge in [-0.05, 0) is 25.5 Å². The van der Waals surface area contributed by atoms with Crippen LogP contribution in [0.4, 0.5) is 0 Å². The van der Waals surface area contributed by atoms with Crippen molar-refractivity contribution in [2.45, 2.75) is 18.4 Å². The molecule has 3 heteroatoms. The maximum atomic E-state index is 4.08. The summed E-state index contributed by atoms with van der Waals surface area (Å²) >= 11 is 0. The lowest BCUT2D eigenvalue weighted by Gasteiger charge is -2.14. The number of nitrogens with zero attached hydrogens (tertiary/aromatic N) is 1. The number of rotatable bonds is 2. The van der Waals surface area contributed by atoms with Gasteiger partial charge in [-0.15, -0.1) is 0 Å². The minimum atomic E-state index is 0.214. The van der Waals surface area contributed by atoms with Gasteiger partial charge in [-0.2, -0.15) is 5.10 Å². The zero-order valence-electron chi connectivity index (χ0n) is 8.17. The molecule has 0 radical (unpaired) electrons.